The van der Waals surface area contributed by atoms with Gasteiger partial charge in [0, 0.05) is 5.54 Å². The fraction of sp³-hybridized carbons (Fsp3) is 0.818. The molecule has 0 spiro atoms. The maximum Gasteiger partial charge on any atom is 0.00965 e. The summed E-state index contributed by atoms with van der Waals surface area (Å²) in [6.45, 7) is 15.9. The van der Waals surface area contributed by atoms with Crippen LogP contribution in [-0.4, -0.2) is 12.1 Å². The zero-order valence-electron chi connectivity index (χ0n) is 9.20. The molecule has 0 bridgehead atoms. The molecule has 72 valence electrons. The highest BCUT2D eigenvalue weighted by molar-refractivity contribution is 4.88. The fourth-order valence-electron chi connectivity index (χ4n) is 0.862. The van der Waals surface area contributed by atoms with E-state index in [-0.39, 0.29) is 11.0 Å². The predicted octanol–water partition coefficient (Wildman–Crippen LogP) is 2.98. The van der Waals surface area contributed by atoms with Gasteiger partial charge in [0.1, 0.15) is 0 Å². The van der Waals surface area contributed by atoms with E-state index in [2.05, 4.69) is 46.5 Å². The van der Waals surface area contributed by atoms with Crippen molar-refractivity contribution in [3.8, 4) is 0 Å². The van der Waals surface area contributed by atoms with Crippen LogP contribution >= 0.6 is 0 Å². The van der Waals surface area contributed by atoms with Gasteiger partial charge in [0.25, 0.3) is 0 Å². The minimum Gasteiger partial charge on any atom is -0.312 e. The summed E-state index contributed by atoms with van der Waals surface area (Å²) in [4.78, 5) is 0. The van der Waals surface area contributed by atoms with Gasteiger partial charge in [-0.05, 0) is 39.2 Å². The number of hydrogen-bond acceptors (Lipinski definition) is 1. The quantitative estimate of drug-likeness (QED) is 0.638. The lowest BCUT2D eigenvalue weighted by molar-refractivity contribution is 0.362. The summed E-state index contributed by atoms with van der Waals surface area (Å²) >= 11 is 0. The molecule has 0 amide bonds. The van der Waals surface area contributed by atoms with Gasteiger partial charge >= 0.3 is 0 Å². The molecule has 0 aliphatic heterocycles. The van der Waals surface area contributed by atoms with Gasteiger partial charge in [-0.25, -0.2) is 0 Å². The predicted molar refractivity (Wildman–Crippen MR) is 56.4 cm³/mol. The highest BCUT2D eigenvalue weighted by Crippen LogP contribution is 2.20. The highest BCUT2D eigenvalue weighted by Gasteiger charge is 2.14. The van der Waals surface area contributed by atoms with E-state index in [9.17, 15) is 0 Å². The molecule has 1 nitrogen and oxygen atoms in total. The standard InChI is InChI=1S/C11H23N/c1-7-11(5,6)8-9-12-10(2,3)4/h7,12H,1,8-9H2,2-6H3. The van der Waals surface area contributed by atoms with E-state index < -0.39 is 0 Å². The lowest BCUT2D eigenvalue weighted by Gasteiger charge is -2.25. The molecule has 0 saturated heterocycles. The summed E-state index contributed by atoms with van der Waals surface area (Å²) < 4.78 is 0. The minimum absolute atomic E-state index is 0.233. The third-order valence-corrected chi connectivity index (χ3v) is 1.98. The van der Waals surface area contributed by atoms with E-state index in [1.54, 1.807) is 0 Å². The summed E-state index contributed by atoms with van der Waals surface area (Å²) in [5.41, 5.74) is 0.496. The van der Waals surface area contributed by atoms with Crippen molar-refractivity contribution in [3.63, 3.8) is 0 Å². The normalized spacial score (nSPS) is 13.1. The van der Waals surface area contributed by atoms with Gasteiger partial charge in [0.05, 0.1) is 0 Å². The lowest BCUT2D eigenvalue weighted by Crippen LogP contribution is -2.37. The molecule has 0 rings (SSSR count). The third kappa shape index (κ3) is 6.41. The van der Waals surface area contributed by atoms with Gasteiger partial charge < -0.3 is 5.32 Å². The zero-order valence-corrected chi connectivity index (χ0v) is 9.20. The first kappa shape index (κ1) is 11.7. The fourth-order valence-corrected chi connectivity index (χ4v) is 0.862. The van der Waals surface area contributed by atoms with Gasteiger partial charge in [-0.1, -0.05) is 19.9 Å². The van der Waals surface area contributed by atoms with Crippen molar-refractivity contribution >= 4 is 0 Å². The Morgan fingerprint density at radius 3 is 2.00 bits per heavy atom. The van der Waals surface area contributed by atoms with Gasteiger partial charge in [0.2, 0.25) is 0 Å². The average Bonchev–Trinajstić information content (AvgIpc) is 1.84. The molecule has 0 heterocycles. The van der Waals surface area contributed by atoms with Gasteiger partial charge in [-0.3, -0.25) is 0 Å². The number of hydrogen-bond donors (Lipinski definition) is 1. The molecule has 12 heavy (non-hydrogen) atoms. The summed E-state index contributed by atoms with van der Waals surface area (Å²) in [7, 11) is 0. The van der Waals surface area contributed by atoms with E-state index in [0.717, 1.165) is 13.0 Å². The number of rotatable bonds is 4. The Kier molecular flexibility index (Phi) is 3.98. The summed E-state index contributed by atoms with van der Waals surface area (Å²) in [6.07, 6.45) is 3.17. The van der Waals surface area contributed by atoms with Crippen molar-refractivity contribution in [2.45, 2.75) is 46.6 Å². The Morgan fingerprint density at radius 2 is 1.67 bits per heavy atom. The van der Waals surface area contributed by atoms with Crippen LogP contribution in [0.15, 0.2) is 12.7 Å². The maximum absolute atomic E-state index is 3.82. The van der Waals surface area contributed by atoms with Crippen LogP contribution in [0.3, 0.4) is 0 Å². The smallest absolute Gasteiger partial charge is 0.00965 e. The molecule has 0 unspecified atom stereocenters. The Balaban J connectivity index is 3.64. The largest absolute Gasteiger partial charge is 0.312 e. The first-order chi connectivity index (χ1) is 5.27. The van der Waals surface area contributed by atoms with Crippen LogP contribution < -0.4 is 5.32 Å². The molecule has 0 atom stereocenters. The van der Waals surface area contributed by atoms with Crippen LogP contribution in [0.5, 0.6) is 0 Å². The van der Waals surface area contributed by atoms with Crippen LogP contribution in [-0.2, 0) is 0 Å². The van der Waals surface area contributed by atoms with Gasteiger partial charge in [0.15, 0.2) is 0 Å². The average molecular weight is 169 g/mol. The number of allylic oxidation sites excluding steroid dienone is 1. The van der Waals surface area contributed by atoms with E-state index in [1.165, 1.54) is 0 Å². The Bertz CT molecular complexity index is 140. The monoisotopic (exact) mass is 169 g/mol. The van der Waals surface area contributed by atoms with Crippen LogP contribution in [0, 0.1) is 5.41 Å². The molecule has 1 N–H and O–H groups in total. The first-order valence-electron chi connectivity index (χ1n) is 4.65. The molecule has 0 aromatic rings. The second kappa shape index (κ2) is 4.08. The first-order valence-corrected chi connectivity index (χ1v) is 4.65. The lowest BCUT2D eigenvalue weighted by atomic mass is 9.89. The maximum atomic E-state index is 3.82. The molecule has 0 aromatic heterocycles. The van der Waals surface area contributed by atoms with Crippen molar-refractivity contribution in [2.75, 3.05) is 6.54 Å². The molecule has 0 aliphatic carbocycles. The molecule has 0 aromatic carbocycles. The molecule has 0 aliphatic rings. The molecule has 0 radical (unpaired) electrons. The Labute approximate surface area is 77.2 Å². The minimum atomic E-state index is 0.233. The van der Waals surface area contributed by atoms with E-state index >= 15 is 0 Å². The molecule has 1 heteroatoms. The molecule has 0 fully saturated rings. The second-order valence-electron chi connectivity index (χ2n) is 5.12. The summed E-state index contributed by atoms with van der Waals surface area (Å²) in [6, 6.07) is 0. The van der Waals surface area contributed by atoms with Crippen LogP contribution in [0.25, 0.3) is 0 Å². The van der Waals surface area contributed by atoms with Crippen molar-refractivity contribution in [1.82, 2.24) is 5.32 Å². The van der Waals surface area contributed by atoms with Crippen LogP contribution in [0.1, 0.15) is 41.0 Å². The Morgan fingerprint density at radius 1 is 1.17 bits per heavy atom. The summed E-state index contributed by atoms with van der Waals surface area (Å²) in [5, 5.41) is 3.46. The number of nitrogens with one attached hydrogen (secondary N) is 1. The third-order valence-electron chi connectivity index (χ3n) is 1.98. The van der Waals surface area contributed by atoms with Crippen molar-refractivity contribution < 1.29 is 0 Å². The molecule has 0 saturated carbocycles. The van der Waals surface area contributed by atoms with E-state index in [1.807, 2.05) is 6.08 Å². The Hall–Kier alpha value is -0.300. The molecular weight excluding hydrogens is 146 g/mol. The van der Waals surface area contributed by atoms with E-state index in [0.29, 0.717) is 0 Å². The van der Waals surface area contributed by atoms with Crippen molar-refractivity contribution in [2.24, 2.45) is 5.41 Å². The van der Waals surface area contributed by atoms with Crippen molar-refractivity contribution in [3.05, 3.63) is 12.7 Å². The van der Waals surface area contributed by atoms with Gasteiger partial charge in [-0.2, -0.15) is 0 Å². The highest BCUT2D eigenvalue weighted by atomic mass is 14.9. The van der Waals surface area contributed by atoms with Crippen molar-refractivity contribution in [1.29, 1.82) is 0 Å². The zero-order chi connectivity index (χ0) is 9.83. The van der Waals surface area contributed by atoms with Crippen LogP contribution in [0.2, 0.25) is 0 Å². The molecular formula is C11H23N. The SMILES string of the molecule is C=CC(C)(C)CCNC(C)(C)C. The topological polar surface area (TPSA) is 12.0 Å². The summed E-state index contributed by atoms with van der Waals surface area (Å²) in [5.74, 6) is 0. The van der Waals surface area contributed by atoms with Crippen LogP contribution in [0.4, 0.5) is 0 Å². The second-order valence-corrected chi connectivity index (χ2v) is 5.12. The van der Waals surface area contributed by atoms with E-state index in [4.69, 9.17) is 0 Å². The van der Waals surface area contributed by atoms with Gasteiger partial charge in [-0.15, -0.1) is 6.58 Å².